The molecule has 1 rings (SSSR count). The lowest BCUT2D eigenvalue weighted by Gasteiger charge is -1.98. The quantitative estimate of drug-likeness (QED) is 0.733. The fourth-order valence-electron chi connectivity index (χ4n) is 0.512. The summed E-state index contributed by atoms with van der Waals surface area (Å²) in [5.74, 6) is -1.30. The molecule has 11 heavy (non-hydrogen) atoms. The van der Waals surface area contributed by atoms with Gasteiger partial charge in [-0.25, -0.2) is 9.78 Å². The fourth-order valence-corrected chi connectivity index (χ4v) is 1.45. The third-order valence-corrected chi connectivity index (χ3v) is 2.17. The Morgan fingerprint density at radius 3 is 2.82 bits per heavy atom. The van der Waals surface area contributed by atoms with Crippen molar-refractivity contribution in [3.05, 3.63) is 15.5 Å². The molecule has 0 bridgehead atoms. The van der Waals surface area contributed by atoms with Gasteiger partial charge in [0.05, 0.1) is 4.88 Å². The van der Waals surface area contributed by atoms with Gasteiger partial charge >= 0.3 is 5.97 Å². The van der Waals surface area contributed by atoms with Crippen molar-refractivity contribution in [2.75, 3.05) is 0 Å². The predicted molar refractivity (Wildman–Crippen MR) is 39.7 cm³/mol. The molecule has 0 fully saturated rings. The summed E-state index contributed by atoms with van der Waals surface area (Å²) in [7, 11) is 0. The van der Waals surface area contributed by atoms with E-state index in [1.807, 2.05) is 0 Å². The summed E-state index contributed by atoms with van der Waals surface area (Å²) in [4.78, 5) is 14.0. The highest BCUT2D eigenvalue weighted by atomic mass is 35.5. The van der Waals surface area contributed by atoms with Gasteiger partial charge in [0.1, 0.15) is 0 Å². The van der Waals surface area contributed by atoms with Crippen LogP contribution in [-0.2, 0) is 4.79 Å². The van der Waals surface area contributed by atoms with Crippen molar-refractivity contribution in [3.63, 3.8) is 0 Å². The van der Waals surface area contributed by atoms with Crippen LogP contribution in [0.5, 0.6) is 0 Å². The van der Waals surface area contributed by atoms with Crippen LogP contribution in [0.4, 0.5) is 0 Å². The standard InChI is InChI=1S/C5H4ClNO3S/c6-5-7-1-2(11-5)3(8)4(9)10/h1,3,8H,(H,9,10). The molecule has 0 aliphatic carbocycles. The van der Waals surface area contributed by atoms with E-state index in [9.17, 15) is 4.79 Å². The van der Waals surface area contributed by atoms with Crippen molar-refractivity contribution >= 4 is 28.9 Å². The minimum absolute atomic E-state index is 0.223. The van der Waals surface area contributed by atoms with Crippen LogP contribution in [0.1, 0.15) is 11.0 Å². The first-order valence-corrected chi connectivity index (χ1v) is 3.83. The molecule has 0 aliphatic rings. The number of thiazole rings is 1. The Bertz CT molecular complexity index is 274. The van der Waals surface area contributed by atoms with E-state index in [1.54, 1.807) is 0 Å². The lowest BCUT2D eigenvalue weighted by molar-refractivity contribution is -0.146. The van der Waals surface area contributed by atoms with Gasteiger partial charge in [-0.05, 0) is 0 Å². The number of aliphatic hydroxyl groups is 1. The van der Waals surface area contributed by atoms with Crippen LogP contribution < -0.4 is 0 Å². The van der Waals surface area contributed by atoms with Gasteiger partial charge in [0.2, 0.25) is 0 Å². The van der Waals surface area contributed by atoms with E-state index in [1.165, 1.54) is 6.20 Å². The van der Waals surface area contributed by atoms with Gasteiger partial charge in [-0.3, -0.25) is 0 Å². The molecule has 6 heteroatoms. The van der Waals surface area contributed by atoms with E-state index in [0.29, 0.717) is 0 Å². The zero-order valence-corrected chi connectivity index (χ0v) is 6.76. The van der Waals surface area contributed by atoms with Crippen LogP contribution in [0.15, 0.2) is 6.20 Å². The number of carboxylic acids is 1. The number of hydrogen-bond acceptors (Lipinski definition) is 4. The second kappa shape index (κ2) is 3.17. The highest BCUT2D eigenvalue weighted by molar-refractivity contribution is 7.15. The van der Waals surface area contributed by atoms with Crippen molar-refractivity contribution in [2.24, 2.45) is 0 Å². The van der Waals surface area contributed by atoms with Crippen molar-refractivity contribution < 1.29 is 15.0 Å². The molecule has 4 nitrogen and oxygen atoms in total. The predicted octanol–water partition coefficient (Wildman–Crippen LogP) is 0.915. The monoisotopic (exact) mass is 193 g/mol. The van der Waals surface area contributed by atoms with Crippen LogP contribution in [0.25, 0.3) is 0 Å². The Balaban J connectivity index is 2.84. The lowest BCUT2D eigenvalue weighted by Crippen LogP contribution is -2.08. The van der Waals surface area contributed by atoms with E-state index < -0.39 is 12.1 Å². The van der Waals surface area contributed by atoms with Gasteiger partial charge in [-0.15, -0.1) is 11.3 Å². The molecule has 2 N–H and O–H groups in total. The summed E-state index contributed by atoms with van der Waals surface area (Å²) in [5.41, 5.74) is 0. The molecule has 0 amide bonds. The number of rotatable bonds is 2. The highest BCUT2D eigenvalue weighted by Gasteiger charge is 2.18. The summed E-state index contributed by atoms with van der Waals surface area (Å²) in [5, 5.41) is 17.3. The molecule has 1 atom stereocenters. The van der Waals surface area contributed by atoms with Crippen molar-refractivity contribution in [3.8, 4) is 0 Å². The number of hydrogen-bond donors (Lipinski definition) is 2. The third kappa shape index (κ3) is 1.89. The van der Waals surface area contributed by atoms with Crippen molar-refractivity contribution in [2.45, 2.75) is 6.10 Å². The molecule has 60 valence electrons. The van der Waals surface area contributed by atoms with Crippen molar-refractivity contribution in [1.82, 2.24) is 4.98 Å². The topological polar surface area (TPSA) is 70.4 Å². The molecule has 1 aromatic heterocycles. The molecule has 0 saturated carbocycles. The Kier molecular flexibility index (Phi) is 2.43. The molecular weight excluding hydrogens is 190 g/mol. The largest absolute Gasteiger partial charge is 0.479 e. The Labute approximate surface area is 71.1 Å². The number of aliphatic carboxylic acids is 1. The molecule has 0 saturated heterocycles. The third-order valence-electron chi connectivity index (χ3n) is 0.999. The second-order valence-corrected chi connectivity index (χ2v) is 3.40. The van der Waals surface area contributed by atoms with E-state index >= 15 is 0 Å². The second-order valence-electron chi connectivity index (χ2n) is 1.76. The first-order valence-electron chi connectivity index (χ1n) is 2.63. The summed E-state index contributed by atoms with van der Waals surface area (Å²) < 4.78 is 0.223. The van der Waals surface area contributed by atoms with E-state index in [4.69, 9.17) is 21.8 Å². The van der Waals surface area contributed by atoms with Crippen molar-refractivity contribution in [1.29, 1.82) is 0 Å². The van der Waals surface area contributed by atoms with Gasteiger partial charge in [-0.1, -0.05) is 11.6 Å². The van der Waals surface area contributed by atoms with Crippen LogP contribution in [0, 0.1) is 0 Å². The summed E-state index contributed by atoms with van der Waals surface area (Å²) in [6.45, 7) is 0. The van der Waals surface area contributed by atoms with Crippen LogP contribution in [0.3, 0.4) is 0 Å². The average Bonchev–Trinajstić information content (AvgIpc) is 2.34. The molecule has 0 spiro atoms. The Morgan fingerprint density at radius 2 is 2.45 bits per heavy atom. The molecule has 0 aliphatic heterocycles. The zero-order chi connectivity index (χ0) is 8.43. The lowest BCUT2D eigenvalue weighted by atomic mass is 10.3. The van der Waals surface area contributed by atoms with Gasteiger partial charge in [0.15, 0.2) is 10.6 Å². The number of carboxylic acid groups (broad SMARTS) is 1. The number of aliphatic hydroxyl groups excluding tert-OH is 1. The maximum atomic E-state index is 10.2. The molecule has 0 radical (unpaired) electrons. The Hall–Kier alpha value is -0.650. The van der Waals surface area contributed by atoms with Gasteiger partial charge in [-0.2, -0.15) is 0 Å². The normalized spacial score (nSPS) is 12.9. The minimum atomic E-state index is -1.51. The fraction of sp³-hybridized carbons (Fsp3) is 0.200. The summed E-state index contributed by atoms with van der Waals surface area (Å²) >= 11 is 6.36. The average molecular weight is 194 g/mol. The summed E-state index contributed by atoms with van der Waals surface area (Å²) in [6.07, 6.45) is -0.272. The highest BCUT2D eigenvalue weighted by Crippen LogP contribution is 2.23. The van der Waals surface area contributed by atoms with E-state index in [-0.39, 0.29) is 9.34 Å². The maximum Gasteiger partial charge on any atom is 0.338 e. The molecule has 1 heterocycles. The number of nitrogens with zero attached hydrogens (tertiary/aromatic N) is 1. The molecule has 1 aromatic rings. The molecule has 1 unspecified atom stereocenters. The van der Waals surface area contributed by atoms with Gasteiger partial charge < -0.3 is 10.2 Å². The minimum Gasteiger partial charge on any atom is -0.479 e. The zero-order valence-electron chi connectivity index (χ0n) is 5.19. The SMILES string of the molecule is O=C(O)C(O)c1cnc(Cl)s1. The maximum absolute atomic E-state index is 10.2. The van der Waals surface area contributed by atoms with Crippen LogP contribution in [0.2, 0.25) is 4.47 Å². The van der Waals surface area contributed by atoms with Crippen LogP contribution >= 0.6 is 22.9 Å². The number of carbonyl (C=O) groups is 1. The van der Waals surface area contributed by atoms with Crippen LogP contribution in [-0.4, -0.2) is 21.2 Å². The smallest absolute Gasteiger partial charge is 0.338 e. The Morgan fingerprint density at radius 1 is 1.82 bits per heavy atom. The molecule has 0 aromatic carbocycles. The number of aromatic nitrogens is 1. The molecular formula is C5H4ClNO3S. The van der Waals surface area contributed by atoms with Gasteiger partial charge in [0.25, 0.3) is 0 Å². The summed E-state index contributed by atoms with van der Waals surface area (Å²) in [6, 6.07) is 0. The number of halogens is 1. The van der Waals surface area contributed by atoms with E-state index in [2.05, 4.69) is 4.98 Å². The first-order chi connectivity index (χ1) is 5.11. The van der Waals surface area contributed by atoms with Gasteiger partial charge in [0, 0.05) is 6.20 Å². The first kappa shape index (κ1) is 8.45. The van der Waals surface area contributed by atoms with E-state index in [0.717, 1.165) is 11.3 Å².